The fraction of sp³-hybridized carbons (Fsp3) is 0.357. The van der Waals surface area contributed by atoms with Crippen molar-refractivity contribution in [2.24, 2.45) is 0 Å². The first-order valence-corrected chi connectivity index (χ1v) is 7.89. The minimum absolute atomic E-state index is 0.0669. The molecule has 1 aliphatic heterocycles. The number of alkyl halides is 3. The van der Waals surface area contributed by atoms with Crippen LogP contribution in [-0.4, -0.2) is 24.7 Å². The average Bonchev–Trinajstić information content (AvgIpc) is 2.80. The third-order valence-electron chi connectivity index (χ3n) is 3.47. The number of halogens is 3. The first-order chi connectivity index (χ1) is 10.0. The minimum Gasteiger partial charge on any atom is -0.274 e. The van der Waals surface area contributed by atoms with Gasteiger partial charge in [-0.2, -0.15) is 13.2 Å². The third-order valence-corrected chi connectivity index (χ3v) is 5.31. The molecule has 4 nitrogen and oxygen atoms in total. The number of benzene rings is 1. The third kappa shape index (κ3) is 2.87. The molecule has 1 heterocycles. The molecule has 1 aromatic carbocycles. The Balaban J connectivity index is 2.42. The molecule has 1 aromatic rings. The lowest BCUT2D eigenvalue weighted by Crippen LogP contribution is -2.39. The van der Waals surface area contributed by atoms with E-state index in [1.54, 1.807) is 6.92 Å². The highest BCUT2D eigenvalue weighted by Crippen LogP contribution is 2.33. The van der Waals surface area contributed by atoms with Gasteiger partial charge in [0.15, 0.2) is 0 Å². The summed E-state index contributed by atoms with van der Waals surface area (Å²) in [5.74, 6) is -0.576. The summed E-state index contributed by atoms with van der Waals surface area (Å²) in [5.41, 5.74) is -0.433. The first-order valence-electron chi connectivity index (χ1n) is 6.45. The van der Waals surface area contributed by atoms with Crippen molar-refractivity contribution in [3.63, 3.8) is 0 Å². The van der Waals surface area contributed by atoms with Gasteiger partial charge in [0.2, 0.25) is 5.91 Å². The van der Waals surface area contributed by atoms with Gasteiger partial charge in [0.05, 0.1) is 16.5 Å². The van der Waals surface area contributed by atoms with Gasteiger partial charge in [-0.25, -0.2) is 12.7 Å². The van der Waals surface area contributed by atoms with Gasteiger partial charge in [0.25, 0.3) is 10.0 Å². The maximum atomic E-state index is 12.5. The van der Waals surface area contributed by atoms with E-state index in [1.807, 2.05) is 0 Å². The van der Waals surface area contributed by atoms with E-state index in [2.05, 4.69) is 6.58 Å². The Labute approximate surface area is 126 Å². The number of hydrogen-bond donors (Lipinski definition) is 0. The fourth-order valence-corrected chi connectivity index (χ4v) is 4.03. The molecule has 8 heteroatoms. The van der Waals surface area contributed by atoms with Crippen molar-refractivity contribution >= 4 is 15.9 Å². The van der Waals surface area contributed by atoms with Crippen molar-refractivity contribution in [2.75, 3.05) is 0 Å². The van der Waals surface area contributed by atoms with Crippen LogP contribution in [0.4, 0.5) is 13.2 Å². The molecule has 1 aliphatic rings. The summed E-state index contributed by atoms with van der Waals surface area (Å²) in [6.45, 7) is 5.28. The second kappa shape index (κ2) is 5.42. The highest BCUT2D eigenvalue weighted by Gasteiger charge is 2.41. The number of hydrogen-bond acceptors (Lipinski definition) is 3. The zero-order chi connectivity index (χ0) is 16.7. The van der Waals surface area contributed by atoms with Crippen molar-refractivity contribution in [3.8, 4) is 0 Å². The van der Waals surface area contributed by atoms with Crippen LogP contribution in [0.25, 0.3) is 0 Å². The predicted octanol–water partition coefficient (Wildman–Crippen LogP) is 2.96. The molecule has 0 aliphatic carbocycles. The van der Waals surface area contributed by atoms with Crippen molar-refractivity contribution < 1.29 is 26.4 Å². The van der Waals surface area contributed by atoms with E-state index in [4.69, 9.17) is 0 Å². The molecule has 0 saturated carbocycles. The number of rotatable bonds is 3. The molecule has 1 saturated heterocycles. The van der Waals surface area contributed by atoms with E-state index < -0.39 is 33.7 Å². The largest absolute Gasteiger partial charge is 0.416 e. The van der Waals surface area contributed by atoms with Crippen molar-refractivity contribution in [1.82, 2.24) is 4.31 Å². The maximum Gasteiger partial charge on any atom is 0.416 e. The van der Waals surface area contributed by atoms with Gasteiger partial charge >= 0.3 is 6.18 Å². The molecule has 1 unspecified atom stereocenters. The van der Waals surface area contributed by atoms with Crippen molar-refractivity contribution in [1.29, 1.82) is 0 Å². The first kappa shape index (κ1) is 16.5. The zero-order valence-corrected chi connectivity index (χ0v) is 12.5. The van der Waals surface area contributed by atoms with E-state index in [1.165, 1.54) is 0 Å². The Kier molecular flexibility index (Phi) is 4.08. The van der Waals surface area contributed by atoms with Crippen LogP contribution in [0.5, 0.6) is 0 Å². The monoisotopic (exact) mass is 333 g/mol. The summed E-state index contributed by atoms with van der Waals surface area (Å²) in [6, 6.07) is 2.44. The summed E-state index contributed by atoms with van der Waals surface area (Å²) in [7, 11) is -4.19. The zero-order valence-electron chi connectivity index (χ0n) is 11.7. The van der Waals surface area contributed by atoms with E-state index in [0.717, 1.165) is 16.4 Å². The smallest absolute Gasteiger partial charge is 0.274 e. The summed E-state index contributed by atoms with van der Waals surface area (Å²) in [5, 5.41) is 0. The average molecular weight is 333 g/mol. The number of sulfonamides is 1. The summed E-state index contributed by atoms with van der Waals surface area (Å²) in [6.07, 6.45) is -4.16. The Bertz CT molecular complexity index is 708. The van der Waals surface area contributed by atoms with Gasteiger partial charge < -0.3 is 0 Å². The summed E-state index contributed by atoms with van der Waals surface area (Å²) < 4.78 is 63.3. The van der Waals surface area contributed by atoms with Crippen molar-refractivity contribution in [2.45, 2.75) is 36.9 Å². The topological polar surface area (TPSA) is 54.5 Å². The molecule has 1 atom stereocenters. The molecule has 0 bridgehead atoms. The van der Waals surface area contributed by atoms with Gasteiger partial charge in [-0.05, 0) is 37.6 Å². The molecular weight excluding hydrogens is 319 g/mol. The highest BCUT2D eigenvalue weighted by molar-refractivity contribution is 7.89. The number of carbonyl (C=O) groups is 1. The van der Waals surface area contributed by atoms with Crippen LogP contribution < -0.4 is 0 Å². The van der Waals surface area contributed by atoms with Crippen LogP contribution in [0, 0.1) is 0 Å². The van der Waals surface area contributed by atoms with Crippen LogP contribution in [0.2, 0.25) is 0 Å². The molecule has 1 fully saturated rings. The predicted molar refractivity (Wildman–Crippen MR) is 73.3 cm³/mol. The lowest BCUT2D eigenvalue weighted by Gasteiger charge is -2.24. The maximum absolute atomic E-state index is 12.5. The highest BCUT2D eigenvalue weighted by atomic mass is 32.2. The van der Waals surface area contributed by atoms with Crippen LogP contribution in [-0.2, 0) is 21.0 Å². The molecule has 0 spiro atoms. The SMILES string of the molecule is C=C(C)C1CCC(=O)N1S(=O)(=O)c1ccc(C(F)(F)F)cc1. The summed E-state index contributed by atoms with van der Waals surface area (Å²) in [4.78, 5) is 11.5. The lowest BCUT2D eigenvalue weighted by molar-refractivity contribution is -0.137. The Morgan fingerprint density at radius 1 is 1.27 bits per heavy atom. The Morgan fingerprint density at radius 2 is 1.82 bits per heavy atom. The van der Waals surface area contributed by atoms with Gasteiger partial charge in [-0.1, -0.05) is 12.2 Å². The molecule has 0 radical (unpaired) electrons. The quantitative estimate of drug-likeness (QED) is 0.799. The van der Waals surface area contributed by atoms with E-state index in [9.17, 15) is 26.4 Å². The lowest BCUT2D eigenvalue weighted by atomic mass is 10.1. The van der Waals surface area contributed by atoms with Crippen LogP contribution in [0.3, 0.4) is 0 Å². The summed E-state index contributed by atoms with van der Waals surface area (Å²) >= 11 is 0. The normalized spacial score (nSPS) is 19.5. The second-order valence-electron chi connectivity index (χ2n) is 5.12. The molecular formula is C14H14F3NO3S. The standard InChI is InChI=1S/C14H14F3NO3S/c1-9(2)12-7-8-13(19)18(12)22(20,21)11-5-3-10(4-6-11)14(15,16)17/h3-6,12H,1,7-8H2,2H3. The van der Waals surface area contributed by atoms with Crippen LogP contribution in [0.15, 0.2) is 41.3 Å². The van der Waals surface area contributed by atoms with E-state index in [-0.39, 0.29) is 11.3 Å². The molecule has 2 rings (SSSR count). The number of nitrogens with zero attached hydrogens (tertiary/aromatic N) is 1. The van der Waals surface area contributed by atoms with Crippen molar-refractivity contribution in [3.05, 3.63) is 42.0 Å². The van der Waals surface area contributed by atoms with Gasteiger partial charge in [-0.3, -0.25) is 4.79 Å². The van der Waals surface area contributed by atoms with Gasteiger partial charge in [0.1, 0.15) is 0 Å². The Hall–Kier alpha value is -1.83. The minimum atomic E-state index is -4.55. The Morgan fingerprint density at radius 3 is 2.27 bits per heavy atom. The van der Waals surface area contributed by atoms with E-state index >= 15 is 0 Å². The number of carbonyl (C=O) groups excluding carboxylic acids is 1. The molecule has 22 heavy (non-hydrogen) atoms. The van der Waals surface area contributed by atoms with Crippen LogP contribution in [0.1, 0.15) is 25.3 Å². The number of amides is 1. The fourth-order valence-electron chi connectivity index (χ4n) is 2.34. The molecule has 0 aromatic heterocycles. The van der Waals surface area contributed by atoms with Crippen LogP contribution >= 0.6 is 0 Å². The second-order valence-corrected chi connectivity index (χ2v) is 6.93. The molecule has 1 amide bonds. The van der Waals surface area contributed by atoms with E-state index in [0.29, 0.717) is 24.1 Å². The molecule has 120 valence electrons. The van der Waals surface area contributed by atoms with Gasteiger partial charge in [0, 0.05) is 6.42 Å². The van der Waals surface area contributed by atoms with Gasteiger partial charge in [-0.15, -0.1) is 0 Å². The molecule has 0 N–H and O–H groups in total.